The molecule has 6 heteroatoms. The first kappa shape index (κ1) is 32.1. The maximum Gasteiger partial charge on any atom is 0.194 e. The van der Waals surface area contributed by atoms with Gasteiger partial charge in [-0.1, -0.05) is 97.1 Å². The van der Waals surface area contributed by atoms with Crippen molar-refractivity contribution in [3.8, 4) is 29.1 Å². The predicted octanol–water partition coefficient (Wildman–Crippen LogP) is 13.6. The Balaban J connectivity index is 0.996. The van der Waals surface area contributed by atoms with Crippen molar-refractivity contribution in [2.24, 2.45) is 0 Å². The lowest BCUT2D eigenvalue weighted by Gasteiger charge is -2.33. The van der Waals surface area contributed by atoms with Crippen LogP contribution in [0.3, 0.4) is 0 Å². The van der Waals surface area contributed by atoms with Crippen molar-refractivity contribution >= 4 is 64.1 Å². The molecule has 2 aliphatic heterocycles. The molecule has 254 valence electrons. The van der Waals surface area contributed by atoms with E-state index in [1.54, 1.807) is 12.1 Å². The van der Waals surface area contributed by atoms with Crippen LogP contribution in [0.25, 0.3) is 29.1 Å². The van der Waals surface area contributed by atoms with Crippen LogP contribution in [-0.4, -0.2) is 0 Å². The first-order chi connectivity index (χ1) is 26.7. The van der Waals surface area contributed by atoms with Crippen LogP contribution < -0.4 is 19.3 Å². The van der Waals surface area contributed by atoms with E-state index >= 15 is 0 Å². The molecule has 7 aromatic carbocycles. The summed E-state index contributed by atoms with van der Waals surface area (Å²) < 4.78 is 12.7. The summed E-state index contributed by atoms with van der Waals surface area (Å²) in [7, 11) is 0. The molecular weight excluding hydrogens is 665 g/mol. The number of fused-ring (bicyclic) bond motifs is 4. The van der Waals surface area contributed by atoms with E-state index in [9.17, 15) is 5.26 Å². The van der Waals surface area contributed by atoms with Crippen LogP contribution in [0.2, 0.25) is 0 Å². The van der Waals surface area contributed by atoms with Crippen molar-refractivity contribution < 1.29 is 9.47 Å². The van der Waals surface area contributed by atoms with Gasteiger partial charge >= 0.3 is 0 Å². The second-order valence-electron chi connectivity index (χ2n) is 12.8. The van der Waals surface area contributed by atoms with E-state index < -0.39 is 0 Å². The highest BCUT2D eigenvalue weighted by molar-refractivity contribution is 5.90. The van der Waals surface area contributed by atoms with Gasteiger partial charge in [0.2, 0.25) is 0 Å². The lowest BCUT2D eigenvalue weighted by molar-refractivity contribution is 0.476. The first-order valence-corrected chi connectivity index (χ1v) is 17.5. The standard InChI is InChI=1S/C48H30N4O2/c1-50-40-31-35(24-20-33-22-26-43-47(28-33)53-45-18-10-8-16-41(45)51(43)38-12-4-2-5-13-38)37(32-49)30-36(40)25-21-34-23-27-44-48(29-34)54-46-19-11-9-17-42(46)52(44)39-14-6-3-7-15-39/h2-31H/b24-20+,25-21+. The number of ether oxygens (including phenoxy) is 2. The van der Waals surface area contributed by atoms with E-state index in [0.29, 0.717) is 22.4 Å². The maximum absolute atomic E-state index is 10.2. The number of nitriles is 1. The van der Waals surface area contributed by atoms with Crippen LogP contribution in [-0.2, 0) is 0 Å². The number of anilines is 6. The third-order valence-corrected chi connectivity index (χ3v) is 9.48. The van der Waals surface area contributed by atoms with Gasteiger partial charge in [-0.2, -0.15) is 5.26 Å². The summed E-state index contributed by atoms with van der Waals surface area (Å²) in [4.78, 5) is 8.22. The fourth-order valence-corrected chi connectivity index (χ4v) is 6.92. The zero-order valence-corrected chi connectivity index (χ0v) is 28.9. The Kier molecular flexibility index (Phi) is 8.17. The molecule has 0 N–H and O–H groups in total. The van der Waals surface area contributed by atoms with Crippen LogP contribution in [0, 0.1) is 17.9 Å². The Bertz CT molecular complexity index is 2520. The van der Waals surface area contributed by atoms with Crippen LogP contribution in [0.5, 0.6) is 23.0 Å². The lowest BCUT2D eigenvalue weighted by Crippen LogP contribution is -2.15. The number of hydrogen-bond acceptors (Lipinski definition) is 5. The van der Waals surface area contributed by atoms with E-state index in [-0.39, 0.29) is 0 Å². The molecule has 2 heterocycles. The number of nitrogens with zero attached hydrogens (tertiary/aromatic N) is 4. The molecule has 0 spiro atoms. The van der Waals surface area contributed by atoms with Crippen molar-refractivity contribution in [1.29, 1.82) is 5.26 Å². The predicted molar refractivity (Wildman–Crippen MR) is 218 cm³/mol. The molecule has 0 aromatic heterocycles. The van der Waals surface area contributed by atoms with Gasteiger partial charge in [-0.25, -0.2) is 4.85 Å². The van der Waals surface area contributed by atoms with Gasteiger partial charge < -0.3 is 19.3 Å². The fraction of sp³-hybridized carbons (Fsp3) is 0. The van der Waals surface area contributed by atoms with Crippen LogP contribution >= 0.6 is 0 Å². The van der Waals surface area contributed by atoms with E-state index in [2.05, 4.69) is 57.1 Å². The Morgan fingerprint density at radius 1 is 0.481 bits per heavy atom. The molecule has 0 unspecified atom stereocenters. The summed E-state index contributed by atoms with van der Waals surface area (Å²) in [5.41, 5.74) is 9.95. The summed E-state index contributed by atoms with van der Waals surface area (Å²) in [6.45, 7) is 7.98. The molecule has 0 amide bonds. The smallest absolute Gasteiger partial charge is 0.194 e. The summed E-state index contributed by atoms with van der Waals surface area (Å²) >= 11 is 0. The maximum atomic E-state index is 10.2. The average Bonchev–Trinajstić information content (AvgIpc) is 3.23. The molecular formula is C48H30N4O2. The summed E-state index contributed by atoms with van der Waals surface area (Å²) in [5.74, 6) is 3.00. The van der Waals surface area contributed by atoms with Crippen molar-refractivity contribution in [2.75, 3.05) is 9.80 Å². The first-order valence-electron chi connectivity index (χ1n) is 17.5. The van der Waals surface area contributed by atoms with Gasteiger partial charge in [0.05, 0.1) is 41.0 Å². The second kappa shape index (κ2) is 13.7. The lowest BCUT2D eigenvalue weighted by atomic mass is 10.00. The highest BCUT2D eigenvalue weighted by Crippen LogP contribution is 2.52. The largest absolute Gasteiger partial charge is 0.453 e. The quantitative estimate of drug-likeness (QED) is 0.128. The van der Waals surface area contributed by atoms with Gasteiger partial charge in [-0.15, -0.1) is 0 Å². The highest BCUT2D eigenvalue weighted by Gasteiger charge is 2.27. The molecule has 6 nitrogen and oxygen atoms in total. The van der Waals surface area contributed by atoms with Gasteiger partial charge in [0.1, 0.15) is 0 Å². The van der Waals surface area contributed by atoms with E-state index in [0.717, 1.165) is 68.2 Å². The zero-order valence-electron chi connectivity index (χ0n) is 28.9. The van der Waals surface area contributed by atoms with Gasteiger partial charge in [-0.05, 0) is 107 Å². The third-order valence-electron chi connectivity index (χ3n) is 9.48. The number of benzene rings is 7. The molecule has 9 rings (SSSR count). The number of rotatable bonds is 6. The molecule has 0 fully saturated rings. The second-order valence-corrected chi connectivity index (χ2v) is 12.8. The molecule has 0 bridgehead atoms. The summed E-state index contributed by atoms with van der Waals surface area (Å²) in [5, 5.41) is 10.2. The van der Waals surface area contributed by atoms with Gasteiger partial charge in [-0.3, -0.25) is 0 Å². The molecule has 7 aromatic rings. The molecule has 0 saturated carbocycles. The Morgan fingerprint density at radius 2 is 0.944 bits per heavy atom. The minimum absolute atomic E-state index is 0.451. The molecule has 0 aliphatic carbocycles. The normalized spacial score (nSPS) is 12.5. The molecule has 2 aliphatic rings. The summed E-state index contributed by atoms with van der Waals surface area (Å²) in [6.07, 6.45) is 7.65. The van der Waals surface area contributed by atoms with Gasteiger partial charge in [0.25, 0.3) is 0 Å². The minimum Gasteiger partial charge on any atom is -0.453 e. The minimum atomic E-state index is 0.451. The molecule has 0 saturated heterocycles. The highest BCUT2D eigenvalue weighted by atomic mass is 16.5. The van der Waals surface area contributed by atoms with E-state index in [4.69, 9.17) is 16.0 Å². The molecule has 0 radical (unpaired) electrons. The number of hydrogen-bond donors (Lipinski definition) is 0. The molecule has 0 atom stereocenters. The van der Waals surface area contributed by atoms with Crippen LogP contribution in [0.1, 0.15) is 27.8 Å². The van der Waals surface area contributed by atoms with Crippen molar-refractivity contribution in [3.05, 3.63) is 197 Å². The van der Waals surface area contributed by atoms with E-state index in [1.165, 1.54) is 0 Å². The van der Waals surface area contributed by atoms with Crippen LogP contribution in [0.15, 0.2) is 158 Å². The Hall–Kier alpha value is -7.80. The van der Waals surface area contributed by atoms with E-state index in [1.807, 2.05) is 133 Å². The zero-order chi connectivity index (χ0) is 36.4. The average molecular weight is 695 g/mol. The van der Waals surface area contributed by atoms with Crippen LogP contribution in [0.4, 0.5) is 39.8 Å². The summed E-state index contributed by atoms with van der Waals surface area (Å²) in [6, 6.07) is 54.4. The van der Waals surface area contributed by atoms with Crippen molar-refractivity contribution in [2.45, 2.75) is 0 Å². The monoisotopic (exact) mass is 694 g/mol. The Morgan fingerprint density at radius 3 is 1.44 bits per heavy atom. The Labute approximate surface area is 313 Å². The van der Waals surface area contributed by atoms with Crippen molar-refractivity contribution in [3.63, 3.8) is 0 Å². The third kappa shape index (κ3) is 5.90. The topological polar surface area (TPSA) is 53.1 Å². The number of para-hydroxylation sites is 6. The SMILES string of the molecule is [C-]#[N+]c1cc(/C=C/c2ccc3c(c2)Oc2ccccc2N3c2ccccc2)c(C#N)cc1/C=C/c1ccc2c(c1)Oc1ccccc1N2c1ccccc1. The van der Waals surface area contributed by atoms with Gasteiger partial charge in [0.15, 0.2) is 28.7 Å². The van der Waals surface area contributed by atoms with Crippen molar-refractivity contribution in [1.82, 2.24) is 0 Å². The molecule has 54 heavy (non-hydrogen) atoms. The fourth-order valence-electron chi connectivity index (χ4n) is 6.92. The van der Waals surface area contributed by atoms with Gasteiger partial charge in [0, 0.05) is 11.4 Å².